The molecule has 5 aromatic rings. The molecule has 0 fully saturated rings. The zero-order valence-electron chi connectivity index (χ0n) is 11.7. The van der Waals surface area contributed by atoms with Crippen molar-refractivity contribution in [3.63, 3.8) is 0 Å². The summed E-state index contributed by atoms with van der Waals surface area (Å²) in [7, 11) is 0. The summed E-state index contributed by atoms with van der Waals surface area (Å²) in [5.41, 5.74) is 6.68. The number of aromatic nitrogens is 2. The van der Waals surface area contributed by atoms with Crippen molar-refractivity contribution in [3.05, 3.63) is 72.2 Å². The Morgan fingerprint density at radius 1 is 0.773 bits per heavy atom. The minimum Gasteiger partial charge on any atom is -0.308 e. The molecular formula is C19H12N2S. The van der Waals surface area contributed by atoms with Crippen LogP contribution in [0.1, 0.15) is 0 Å². The van der Waals surface area contributed by atoms with Crippen molar-refractivity contribution in [1.29, 1.82) is 0 Å². The second kappa shape index (κ2) is 4.42. The molecule has 0 spiro atoms. The fourth-order valence-corrected chi connectivity index (χ4v) is 4.04. The van der Waals surface area contributed by atoms with Gasteiger partial charge in [-0.25, -0.2) is 4.98 Å². The molecule has 0 aliphatic carbocycles. The van der Waals surface area contributed by atoms with Gasteiger partial charge in [0.05, 0.1) is 26.8 Å². The Kier molecular flexibility index (Phi) is 2.40. The average molecular weight is 300 g/mol. The highest BCUT2D eigenvalue weighted by Gasteiger charge is 2.15. The third kappa shape index (κ3) is 1.51. The van der Waals surface area contributed by atoms with Gasteiger partial charge in [0.15, 0.2) is 0 Å². The van der Waals surface area contributed by atoms with E-state index in [9.17, 15) is 0 Å². The van der Waals surface area contributed by atoms with Crippen molar-refractivity contribution in [2.75, 3.05) is 0 Å². The Bertz CT molecular complexity index is 1120. The molecule has 0 unspecified atom stereocenters. The summed E-state index contributed by atoms with van der Waals surface area (Å²) in [6.45, 7) is 0. The first-order chi connectivity index (χ1) is 10.9. The summed E-state index contributed by atoms with van der Waals surface area (Å²) in [6, 6.07) is 23.5. The van der Waals surface area contributed by atoms with Gasteiger partial charge in [-0.15, -0.1) is 11.3 Å². The normalized spacial score (nSPS) is 11.6. The predicted octanol–water partition coefficient (Wildman–Crippen LogP) is 5.39. The van der Waals surface area contributed by atoms with E-state index in [4.69, 9.17) is 0 Å². The average Bonchev–Trinajstić information content (AvgIpc) is 3.17. The Labute approximate surface area is 131 Å². The van der Waals surface area contributed by atoms with Crippen molar-refractivity contribution in [2.45, 2.75) is 0 Å². The molecule has 22 heavy (non-hydrogen) atoms. The van der Waals surface area contributed by atoms with Crippen LogP contribution in [0, 0.1) is 0 Å². The maximum atomic E-state index is 4.48. The van der Waals surface area contributed by atoms with E-state index in [1.807, 2.05) is 5.51 Å². The summed E-state index contributed by atoms with van der Waals surface area (Å²) in [5, 5.41) is 2.58. The van der Waals surface area contributed by atoms with E-state index < -0.39 is 0 Å². The van der Waals surface area contributed by atoms with Gasteiger partial charge >= 0.3 is 0 Å². The monoisotopic (exact) mass is 300 g/mol. The van der Waals surface area contributed by atoms with Crippen LogP contribution in [-0.2, 0) is 0 Å². The van der Waals surface area contributed by atoms with Crippen LogP contribution in [0.15, 0.2) is 72.2 Å². The lowest BCUT2D eigenvalue weighted by molar-refractivity contribution is 1.19. The fraction of sp³-hybridized carbons (Fsp3) is 0. The maximum absolute atomic E-state index is 4.48. The molecule has 0 saturated heterocycles. The molecule has 0 amide bonds. The van der Waals surface area contributed by atoms with Crippen LogP contribution in [-0.4, -0.2) is 9.55 Å². The molecule has 104 valence electrons. The molecule has 3 aromatic carbocycles. The first kappa shape index (κ1) is 12.0. The lowest BCUT2D eigenvalue weighted by atomic mass is 10.1. The van der Waals surface area contributed by atoms with Crippen molar-refractivity contribution in [1.82, 2.24) is 9.55 Å². The van der Waals surface area contributed by atoms with E-state index in [2.05, 4.69) is 76.3 Å². The highest BCUT2D eigenvalue weighted by Crippen LogP contribution is 2.37. The molecule has 0 radical (unpaired) electrons. The second-order valence-electron chi connectivity index (χ2n) is 5.35. The molecule has 0 atom stereocenters. The first-order valence-corrected chi connectivity index (χ1v) is 8.12. The van der Waals surface area contributed by atoms with E-state index in [1.54, 1.807) is 11.3 Å². The Morgan fingerprint density at radius 3 is 2.50 bits per heavy atom. The van der Waals surface area contributed by atoms with Gasteiger partial charge in [0.25, 0.3) is 0 Å². The third-order valence-corrected chi connectivity index (χ3v) is 5.00. The lowest BCUT2D eigenvalue weighted by Gasteiger charge is -2.07. The predicted molar refractivity (Wildman–Crippen MR) is 94.0 cm³/mol. The Hall–Kier alpha value is -2.65. The van der Waals surface area contributed by atoms with E-state index in [0.29, 0.717) is 0 Å². The molecule has 0 bridgehead atoms. The van der Waals surface area contributed by atoms with E-state index >= 15 is 0 Å². The molecular weight excluding hydrogens is 288 g/mol. The molecule has 2 nitrogen and oxygen atoms in total. The number of thiazole rings is 1. The van der Waals surface area contributed by atoms with Crippen LogP contribution in [0.25, 0.3) is 37.7 Å². The van der Waals surface area contributed by atoms with Crippen molar-refractivity contribution in [2.24, 2.45) is 0 Å². The van der Waals surface area contributed by atoms with Crippen LogP contribution >= 0.6 is 11.3 Å². The van der Waals surface area contributed by atoms with E-state index in [0.717, 1.165) is 5.52 Å². The molecule has 0 aliphatic heterocycles. The van der Waals surface area contributed by atoms with Crippen LogP contribution in [0.5, 0.6) is 0 Å². The maximum Gasteiger partial charge on any atom is 0.0833 e. The van der Waals surface area contributed by atoms with Gasteiger partial charge in [0.1, 0.15) is 0 Å². The van der Waals surface area contributed by atoms with Crippen molar-refractivity contribution >= 4 is 43.4 Å². The van der Waals surface area contributed by atoms with Crippen molar-refractivity contribution < 1.29 is 0 Å². The Morgan fingerprint density at radius 2 is 1.59 bits per heavy atom. The number of nitrogens with zero attached hydrogens (tertiary/aromatic N) is 2. The van der Waals surface area contributed by atoms with Gasteiger partial charge in [-0.3, -0.25) is 0 Å². The van der Waals surface area contributed by atoms with Crippen molar-refractivity contribution in [3.8, 4) is 5.69 Å². The van der Waals surface area contributed by atoms with Crippen LogP contribution in [0.3, 0.4) is 0 Å². The largest absolute Gasteiger partial charge is 0.308 e. The number of hydrogen-bond donors (Lipinski definition) is 0. The highest BCUT2D eigenvalue weighted by molar-refractivity contribution is 7.17. The standard InChI is InChI=1S/C19H12N2S/c1-2-6-13(7-3-1)21-17-9-5-4-8-14(17)15-10-11-16-19(18(15)21)22-12-20-16/h1-12H. The zero-order chi connectivity index (χ0) is 14.5. The molecule has 2 heterocycles. The van der Waals surface area contributed by atoms with Gasteiger partial charge in [0, 0.05) is 16.5 Å². The summed E-state index contributed by atoms with van der Waals surface area (Å²) < 4.78 is 3.60. The fourth-order valence-electron chi connectivity index (χ4n) is 3.22. The number of hydrogen-bond acceptors (Lipinski definition) is 2. The van der Waals surface area contributed by atoms with Crippen LogP contribution < -0.4 is 0 Å². The lowest BCUT2D eigenvalue weighted by Crippen LogP contribution is -1.92. The smallest absolute Gasteiger partial charge is 0.0833 e. The topological polar surface area (TPSA) is 17.8 Å². The first-order valence-electron chi connectivity index (χ1n) is 7.24. The molecule has 2 aromatic heterocycles. The van der Waals surface area contributed by atoms with Gasteiger partial charge in [-0.2, -0.15) is 0 Å². The van der Waals surface area contributed by atoms with E-state index in [1.165, 1.54) is 32.2 Å². The highest BCUT2D eigenvalue weighted by atomic mass is 32.1. The summed E-state index contributed by atoms with van der Waals surface area (Å²) in [4.78, 5) is 4.48. The molecule has 5 rings (SSSR count). The SMILES string of the molecule is c1ccc(-n2c3ccccc3c3ccc4ncsc4c32)cc1. The molecule has 0 saturated carbocycles. The number of para-hydroxylation sites is 2. The van der Waals surface area contributed by atoms with Gasteiger partial charge in [-0.05, 0) is 30.3 Å². The van der Waals surface area contributed by atoms with Gasteiger partial charge < -0.3 is 4.57 Å². The number of benzene rings is 3. The van der Waals surface area contributed by atoms with Gasteiger partial charge in [0.2, 0.25) is 0 Å². The van der Waals surface area contributed by atoms with E-state index in [-0.39, 0.29) is 0 Å². The van der Waals surface area contributed by atoms with Crippen LogP contribution in [0.2, 0.25) is 0 Å². The zero-order valence-corrected chi connectivity index (χ0v) is 12.5. The molecule has 0 N–H and O–H groups in total. The quantitative estimate of drug-likeness (QED) is 0.405. The second-order valence-corrected chi connectivity index (χ2v) is 6.21. The Balaban J connectivity index is 2.10. The molecule has 0 aliphatic rings. The van der Waals surface area contributed by atoms with Gasteiger partial charge in [-0.1, -0.05) is 36.4 Å². The number of rotatable bonds is 1. The summed E-state index contributed by atoms with van der Waals surface area (Å²) in [5.74, 6) is 0. The minimum absolute atomic E-state index is 1.07. The number of fused-ring (bicyclic) bond motifs is 5. The van der Waals surface area contributed by atoms with Crippen LogP contribution in [0.4, 0.5) is 0 Å². The molecule has 3 heteroatoms. The minimum atomic E-state index is 1.07. The summed E-state index contributed by atoms with van der Waals surface area (Å²) >= 11 is 1.71. The third-order valence-electron chi connectivity index (χ3n) is 4.15. The summed E-state index contributed by atoms with van der Waals surface area (Å²) in [6.07, 6.45) is 0.